The number of carboxylic acids is 2. The van der Waals surface area contributed by atoms with Crippen molar-refractivity contribution in [3.8, 4) is 0 Å². The minimum Gasteiger partial charge on any atom is -0.481 e. The summed E-state index contributed by atoms with van der Waals surface area (Å²) in [5.74, 6) is -5.10. The Hall–Kier alpha value is -4.71. The lowest BCUT2D eigenvalue weighted by Gasteiger charge is -2.26. The Balaban J connectivity index is 1.90. The third-order valence-corrected chi connectivity index (χ3v) is 7.16. The Bertz CT molecular complexity index is 1410. The Morgan fingerprint density at radius 1 is 0.833 bits per heavy atom. The molecule has 12 nitrogen and oxygen atoms in total. The van der Waals surface area contributed by atoms with Gasteiger partial charge in [-0.2, -0.15) is 0 Å². The van der Waals surface area contributed by atoms with Gasteiger partial charge in [-0.15, -0.1) is 0 Å². The second kappa shape index (κ2) is 14.8. The average Bonchev–Trinajstić information content (AvgIpc) is 3.37. The zero-order valence-corrected chi connectivity index (χ0v) is 23.5. The summed E-state index contributed by atoms with van der Waals surface area (Å²) in [5, 5.41) is 27.4. The van der Waals surface area contributed by atoms with Crippen molar-refractivity contribution in [2.75, 3.05) is 0 Å². The van der Waals surface area contributed by atoms with Crippen LogP contribution in [0.2, 0.25) is 0 Å². The van der Waals surface area contributed by atoms with Crippen LogP contribution in [0.4, 0.5) is 0 Å². The molecule has 3 aromatic rings. The molecule has 12 heteroatoms. The van der Waals surface area contributed by atoms with Gasteiger partial charge in [-0.1, -0.05) is 68.8 Å². The maximum atomic E-state index is 13.7. The second-order valence-corrected chi connectivity index (χ2v) is 10.3. The molecule has 0 radical (unpaired) electrons. The first-order valence-corrected chi connectivity index (χ1v) is 13.7. The lowest BCUT2D eigenvalue weighted by Crippen LogP contribution is -2.58. The van der Waals surface area contributed by atoms with Gasteiger partial charge in [0, 0.05) is 29.9 Å². The van der Waals surface area contributed by atoms with Crippen LogP contribution < -0.4 is 21.7 Å². The number of carbonyl (C=O) groups excluding carboxylic acids is 3. The normalized spacial score (nSPS) is 14.6. The maximum Gasteiger partial charge on any atom is 0.326 e. The Morgan fingerprint density at radius 2 is 1.43 bits per heavy atom. The van der Waals surface area contributed by atoms with Gasteiger partial charge < -0.3 is 36.9 Å². The van der Waals surface area contributed by atoms with E-state index in [1.54, 1.807) is 43.5 Å². The molecule has 5 atom stereocenters. The molecule has 1 heterocycles. The molecule has 42 heavy (non-hydrogen) atoms. The molecule has 3 rings (SSSR count). The minimum absolute atomic E-state index is 0.00563. The standard InChI is InChI=1S/C30H37N5O7/c1-3-17(2)26(30(41)42)35-29(40)23(13-18-9-5-4-6-10-18)34-28(39)24(33-27(38)21(31)15-25(36)37)14-19-16-32-22-12-8-7-11-20(19)22/h4-12,16-17,21,23-24,26,32H,3,13-15,31H2,1-2H3,(H,33,38)(H,34,39)(H,35,40)(H,36,37)(H,41,42). The summed E-state index contributed by atoms with van der Waals surface area (Å²) < 4.78 is 0. The SMILES string of the molecule is CCC(C)C(NC(=O)C(Cc1ccccc1)NC(=O)C(Cc1c[nH]c2ccccc12)NC(=O)C(N)CC(=O)O)C(=O)O. The third-order valence-electron chi connectivity index (χ3n) is 7.16. The maximum absolute atomic E-state index is 13.7. The summed E-state index contributed by atoms with van der Waals surface area (Å²) in [5.41, 5.74) is 7.98. The van der Waals surface area contributed by atoms with E-state index in [-0.39, 0.29) is 18.8 Å². The Labute approximate surface area is 243 Å². The number of aliphatic carboxylic acids is 2. The van der Waals surface area contributed by atoms with Crippen LogP contribution in [0.5, 0.6) is 0 Å². The first-order chi connectivity index (χ1) is 20.0. The van der Waals surface area contributed by atoms with Crippen LogP contribution in [-0.2, 0) is 36.8 Å². The van der Waals surface area contributed by atoms with Crippen LogP contribution in [0.3, 0.4) is 0 Å². The number of amides is 3. The fourth-order valence-electron chi connectivity index (χ4n) is 4.56. The van der Waals surface area contributed by atoms with Crippen molar-refractivity contribution in [1.82, 2.24) is 20.9 Å². The fourth-order valence-corrected chi connectivity index (χ4v) is 4.56. The summed E-state index contributed by atoms with van der Waals surface area (Å²) in [6.07, 6.45) is 1.62. The highest BCUT2D eigenvalue weighted by molar-refractivity contribution is 5.95. The van der Waals surface area contributed by atoms with Gasteiger partial charge in [-0.25, -0.2) is 4.79 Å². The van der Waals surface area contributed by atoms with E-state index in [0.717, 1.165) is 10.9 Å². The molecule has 8 N–H and O–H groups in total. The molecule has 2 aromatic carbocycles. The summed E-state index contributed by atoms with van der Waals surface area (Å²) >= 11 is 0. The van der Waals surface area contributed by atoms with Crippen molar-refractivity contribution in [3.63, 3.8) is 0 Å². The lowest BCUT2D eigenvalue weighted by molar-refractivity contribution is -0.143. The molecule has 0 bridgehead atoms. The molecule has 0 saturated heterocycles. The van der Waals surface area contributed by atoms with E-state index >= 15 is 0 Å². The number of nitrogens with one attached hydrogen (secondary N) is 4. The highest BCUT2D eigenvalue weighted by atomic mass is 16.4. The van der Waals surface area contributed by atoms with Crippen molar-refractivity contribution in [2.45, 2.75) is 63.7 Å². The first kappa shape index (κ1) is 31.8. The molecule has 0 aliphatic rings. The molecule has 0 fully saturated rings. The van der Waals surface area contributed by atoms with Crippen LogP contribution in [0.1, 0.15) is 37.8 Å². The van der Waals surface area contributed by atoms with Crippen LogP contribution in [0, 0.1) is 5.92 Å². The van der Waals surface area contributed by atoms with E-state index in [0.29, 0.717) is 17.5 Å². The van der Waals surface area contributed by atoms with Crippen LogP contribution in [-0.4, -0.2) is 69.0 Å². The number of hydrogen-bond donors (Lipinski definition) is 7. The van der Waals surface area contributed by atoms with Gasteiger partial charge in [-0.3, -0.25) is 19.2 Å². The predicted molar refractivity (Wildman–Crippen MR) is 155 cm³/mol. The number of carbonyl (C=O) groups is 5. The monoisotopic (exact) mass is 579 g/mol. The molecule has 5 unspecified atom stereocenters. The quantitative estimate of drug-likeness (QED) is 0.140. The number of aromatic amines is 1. The predicted octanol–water partition coefficient (Wildman–Crippen LogP) is 1.34. The zero-order chi connectivity index (χ0) is 30.8. The Morgan fingerprint density at radius 3 is 2.07 bits per heavy atom. The van der Waals surface area contributed by atoms with Gasteiger partial charge in [0.05, 0.1) is 12.5 Å². The molecule has 224 valence electrons. The lowest BCUT2D eigenvalue weighted by atomic mass is 9.97. The average molecular weight is 580 g/mol. The summed E-state index contributed by atoms with van der Waals surface area (Å²) in [6, 6.07) is 11.3. The molecule has 1 aromatic heterocycles. The van der Waals surface area contributed by atoms with Gasteiger partial charge in [-0.05, 0) is 23.1 Å². The second-order valence-electron chi connectivity index (χ2n) is 10.3. The smallest absolute Gasteiger partial charge is 0.326 e. The number of fused-ring (bicyclic) bond motifs is 1. The number of rotatable bonds is 15. The highest BCUT2D eigenvalue weighted by Gasteiger charge is 2.32. The van der Waals surface area contributed by atoms with E-state index in [2.05, 4.69) is 20.9 Å². The molecule has 3 amide bonds. The number of para-hydroxylation sites is 1. The zero-order valence-electron chi connectivity index (χ0n) is 23.5. The van der Waals surface area contributed by atoms with Crippen molar-refractivity contribution in [2.24, 2.45) is 11.7 Å². The van der Waals surface area contributed by atoms with Crippen LogP contribution >= 0.6 is 0 Å². The number of H-pyrrole nitrogens is 1. The summed E-state index contributed by atoms with van der Waals surface area (Å²) in [7, 11) is 0. The number of hydrogen-bond acceptors (Lipinski definition) is 6. The third kappa shape index (κ3) is 8.64. The number of benzene rings is 2. The highest BCUT2D eigenvalue weighted by Crippen LogP contribution is 2.19. The van der Waals surface area contributed by atoms with E-state index in [9.17, 15) is 29.1 Å². The van der Waals surface area contributed by atoms with Crippen LogP contribution in [0.15, 0.2) is 60.8 Å². The number of carboxylic acid groups (broad SMARTS) is 2. The van der Waals surface area contributed by atoms with Crippen molar-refractivity contribution >= 4 is 40.6 Å². The van der Waals surface area contributed by atoms with E-state index in [4.69, 9.17) is 10.8 Å². The fraction of sp³-hybridized carbons (Fsp3) is 0.367. The molecule has 0 saturated carbocycles. The molecular formula is C30H37N5O7. The molecular weight excluding hydrogens is 542 g/mol. The Kier molecular flexibility index (Phi) is 11.2. The van der Waals surface area contributed by atoms with Gasteiger partial charge >= 0.3 is 11.9 Å². The van der Waals surface area contributed by atoms with Gasteiger partial charge in [0.15, 0.2) is 0 Å². The van der Waals surface area contributed by atoms with E-state index < -0.39 is 60.2 Å². The largest absolute Gasteiger partial charge is 0.481 e. The van der Waals surface area contributed by atoms with E-state index in [1.807, 2.05) is 31.2 Å². The van der Waals surface area contributed by atoms with Gasteiger partial charge in [0.2, 0.25) is 17.7 Å². The minimum atomic E-state index is -1.41. The number of aromatic nitrogens is 1. The number of nitrogens with two attached hydrogens (primary N) is 1. The van der Waals surface area contributed by atoms with Crippen LogP contribution in [0.25, 0.3) is 10.9 Å². The van der Waals surface area contributed by atoms with Gasteiger partial charge in [0.1, 0.15) is 18.1 Å². The van der Waals surface area contributed by atoms with Gasteiger partial charge in [0.25, 0.3) is 0 Å². The summed E-state index contributed by atoms with van der Waals surface area (Å²) in [6.45, 7) is 3.51. The molecule has 0 spiro atoms. The molecule has 0 aliphatic heterocycles. The molecule has 0 aliphatic carbocycles. The van der Waals surface area contributed by atoms with Crippen molar-refractivity contribution in [3.05, 3.63) is 71.9 Å². The summed E-state index contributed by atoms with van der Waals surface area (Å²) in [4.78, 5) is 66.0. The van der Waals surface area contributed by atoms with E-state index in [1.165, 1.54) is 0 Å². The topological polar surface area (TPSA) is 204 Å². The van der Waals surface area contributed by atoms with Crippen molar-refractivity contribution in [1.29, 1.82) is 0 Å². The first-order valence-electron chi connectivity index (χ1n) is 13.7. The van der Waals surface area contributed by atoms with Crippen molar-refractivity contribution < 1.29 is 34.2 Å².